The van der Waals surface area contributed by atoms with Crippen LogP contribution in [0.5, 0.6) is 0 Å². The van der Waals surface area contributed by atoms with Gasteiger partial charge in [0.05, 0.1) is 5.57 Å². The number of carbonyl (C=O) groups excluding carboxylic acids is 2. The van der Waals surface area contributed by atoms with Crippen LogP contribution in [0, 0.1) is 19.7 Å². The van der Waals surface area contributed by atoms with Gasteiger partial charge in [0.1, 0.15) is 11.5 Å². The number of hydrogen-bond acceptors (Lipinski definition) is 3. The van der Waals surface area contributed by atoms with Crippen molar-refractivity contribution in [3.05, 3.63) is 107 Å². The number of halogens is 1. The molecule has 156 valence electrons. The Hall–Kier alpha value is -3.73. The van der Waals surface area contributed by atoms with Gasteiger partial charge in [-0.3, -0.25) is 14.5 Å². The van der Waals surface area contributed by atoms with E-state index in [1.165, 1.54) is 17.0 Å². The van der Waals surface area contributed by atoms with E-state index in [0.29, 0.717) is 17.6 Å². The molecule has 1 heterocycles. The molecule has 1 aliphatic heterocycles. The first kappa shape index (κ1) is 20.5. The monoisotopic (exact) mass is 414 g/mol. The molecule has 0 atom stereocenters. The largest absolute Gasteiger partial charge is 0.350 e. The van der Waals surface area contributed by atoms with E-state index in [0.717, 1.165) is 22.4 Å². The Kier molecular flexibility index (Phi) is 5.67. The smallest absolute Gasteiger partial charge is 0.278 e. The fourth-order valence-corrected chi connectivity index (χ4v) is 3.85. The summed E-state index contributed by atoms with van der Waals surface area (Å²) in [7, 11) is 0. The van der Waals surface area contributed by atoms with Crippen LogP contribution in [-0.2, 0) is 16.0 Å². The first-order valence-electron chi connectivity index (χ1n) is 10.2. The first-order valence-corrected chi connectivity index (χ1v) is 10.2. The number of hydrogen-bond donors (Lipinski definition) is 1. The van der Waals surface area contributed by atoms with Gasteiger partial charge in [-0.25, -0.2) is 4.39 Å². The third-order valence-electron chi connectivity index (χ3n) is 5.26. The van der Waals surface area contributed by atoms with Gasteiger partial charge in [-0.15, -0.1) is 0 Å². The second-order valence-corrected chi connectivity index (χ2v) is 7.76. The zero-order valence-corrected chi connectivity index (χ0v) is 17.5. The minimum Gasteiger partial charge on any atom is -0.350 e. The van der Waals surface area contributed by atoms with Crippen LogP contribution in [0.2, 0.25) is 0 Å². The van der Waals surface area contributed by atoms with Gasteiger partial charge < -0.3 is 5.32 Å². The molecule has 31 heavy (non-hydrogen) atoms. The average Bonchev–Trinajstić information content (AvgIpc) is 2.97. The van der Waals surface area contributed by atoms with Crippen molar-refractivity contribution in [3.63, 3.8) is 0 Å². The van der Waals surface area contributed by atoms with E-state index in [-0.39, 0.29) is 29.9 Å². The Morgan fingerprint density at radius 1 is 0.839 bits per heavy atom. The minimum absolute atomic E-state index is 0.220. The number of anilines is 1. The fourth-order valence-electron chi connectivity index (χ4n) is 3.85. The molecule has 0 spiro atoms. The van der Waals surface area contributed by atoms with Gasteiger partial charge in [0.2, 0.25) is 0 Å². The molecule has 1 aliphatic rings. The molecule has 0 fully saturated rings. The summed E-state index contributed by atoms with van der Waals surface area (Å²) in [6, 6.07) is 21.2. The van der Waals surface area contributed by atoms with Gasteiger partial charge in [-0.05, 0) is 66.8 Å². The predicted octanol–water partition coefficient (Wildman–Crippen LogP) is 4.88. The Morgan fingerprint density at radius 2 is 1.48 bits per heavy atom. The maximum Gasteiger partial charge on any atom is 0.278 e. The summed E-state index contributed by atoms with van der Waals surface area (Å²) in [6.07, 6.45) is 0.455. The fraction of sp³-hybridized carbons (Fsp3) is 0.154. The Balaban J connectivity index is 1.66. The zero-order chi connectivity index (χ0) is 22.0. The van der Waals surface area contributed by atoms with E-state index in [1.807, 2.05) is 62.4 Å². The van der Waals surface area contributed by atoms with Crippen molar-refractivity contribution in [2.45, 2.75) is 20.3 Å². The molecule has 0 saturated heterocycles. The highest BCUT2D eigenvalue weighted by Crippen LogP contribution is 2.31. The third-order valence-corrected chi connectivity index (χ3v) is 5.26. The van der Waals surface area contributed by atoms with E-state index in [4.69, 9.17) is 0 Å². The molecule has 3 aromatic rings. The molecule has 0 saturated carbocycles. The van der Waals surface area contributed by atoms with Crippen LogP contribution in [0.3, 0.4) is 0 Å². The predicted molar refractivity (Wildman–Crippen MR) is 120 cm³/mol. The number of nitrogens with zero attached hydrogens (tertiary/aromatic N) is 1. The molecule has 2 amide bonds. The molecule has 3 aromatic carbocycles. The van der Waals surface area contributed by atoms with Crippen molar-refractivity contribution < 1.29 is 14.0 Å². The van der Waals surface area contributed by atoms with Gasteiger partial charge >= 0.3 is 0 Å². The topological polar surface area (TPSA) is 49.4 Å². The Morgan fingerprint density at radius 3 is 2.13 bits per heavy atom. The summed E-state index contributed by atoms with van der Waals surface area (Å²) in [4.78, 5) is 27.8. The Labute approximate surface area is 181 Å². The molecule has 1 N–H and O–H groups in total. The zero-order valence-electron chi connectivity index (χ0n) is 17.5. The lowest BCUT2D eigenvalue weighted by atomic mass is 10.0. The van der Waals surface area contributed by atoms with Crippen molar-refractivity contribution in [1.82, 2.24) is 4.90 Å². The molecule has 4 rings (SSSR count). The maximum absolute atomic E-state index is 13.3. The highest BCUT2D eigenvalue weighted by Gasteiger charge is 2.38. The number of imide groups is 1. The van der Waals surface area contributed by atoms with Crippen LogP contribution < -0.4 is 5.32 Å². The molecular weight excluding hydrogens is 391 g/mol. The number of amides is 2. The molecular formula is C26H23FN2O2. The molecule has 0 unspecified atom stereocenters. The summed E-state index contributed by atoms with van der Waals surface area (Å²) in [5.74, 6) is -1.000. The quantitative estimate of drug-likeness (QED) is 0.585. The van der Waals surface area contributed by atoms with Crippen molar-refractivity contribution >= 4 is 23.1 Å². The van der Waals surface area contributed by atoms with Gasteiger partial charge in [0, 0.05) is 12.2 Å². The average molecular weight is 414 g/mol. The van der Waals surface area contributed by atoms with Crippen LogP contribution in [0.4, 0.5) is 10.1 Å². The number of carbonyl (C=O) groups is 2. The minimum atomic E-state index is -0.356. The first-order chi connectivity index (χ1) is 14.9. The van der Waals surface area contributed by atoms with Gasteiger partial charge in [0.15, 0.2) is 0 Å². The summed E-state index contributed by atoms with van der Waals surface area (Å²) in [5.41, 5.74) is 5.09. The summed E-state index contributed by atoms with van der Waals surface area (Å²) in [5, 5.41) is 3.20. The number of benzene rings is 3. The lowest BCUT2D eigenvalue weighted by Crippen LogP contribution is -2.34. The molecule has 4 nitrogen and oxygen atoms in total. The SMILES string of the molecule is Cc1cc(C)cc(NC2=C(c3ccccc3)C(=O)N(CCc3ccc(F)cc3)C2=O)c1. The van der Waals surface area contributed by atoms with Crippen molar-refractivity contribution in [3.8, 4) is 0 Å². The standard InChI is InChI=1S/C26H23FN2O2/c1-17-14-18(2)16-22(15-17)28-24-23(20-6-4-3-5-7-20)25(30)29(26(24)31)13-12-19-8-10-21(27)11-9-19/h3-11,14-16,28H,12-13H2,1-2H3. The van der Waals surface area contributed by atoms with E-state index < -0.39 is 0 Å². The third kappa shape index (κ3) is 4.40. The lowest BCUT2D eigenvalue weighted by Gasteiger charge is -2.15. The van der Waals surface area contributed by atoms with Crippen molar-refractivity contribution in [1.29, 1.82) is 0 Å². The second-order valence-electron chi connectivity index (χ2n) is 7.76. The van der Waals surface area contributed by atoms with Crippen LogP contribution in [0.1, 0.15) is 22.3 Å². The van der Waals surface area contributed by atoms with E-state index in [9.17, 15) is 14.0 Å². The molecule has 0 aliphatic carbocycles. The number of rotatable bonds is 6. The highest BCUT2D eigenvalue weighted by molar-refractivity contribution is 6.36. The summed E-state index contributed by atoms with van der Waals surface area (Å²) >= 11 is 0. The highest BCUT2D eigenvalue weighted by atomic mass is 19.1. The van der Waals surface area contributed by atoms with Crippen LogP contribution in [0.25, 0.3) is 5.57 Å². The van der Waals surface area contributed by atoms with Gasteiger partial charge in [-0.2, -0.15) is 0 Å². The molecule has 0 aromatic heterocycles. The second kappa shape index (κ2) is 8.56. The van der Waals surface area contributed by atoms with E-state index in [2.05, 4.69) is 5.32 Å². The lowest BCUT2D eigenvalue weighted by molar-refractivity contribution is -0.136. The molecule has 0 radical (unpaired) electrons. The number of aryl methyl sites for hydroxylation is 2. The maximum atomic E-state index is 13.3. The van der Waals surface area contributed by atoms with Gasteiger partial charge in [-0.1, -0.05) is 48.5 Å². The van der Waals surface area contributed by atoms with Gasteiger partial charge in [0.25, 0.3) is 11.8 Å². The van der Waals surface area contributed by atoms with E-state index in [1.54, 1.807) is 12.1 Å². The summed E-state index contributed by atoms with van der Waals surface area (Å²) < 4.78 is 13.2. The van der Waals surface area contributed by atoms with Crippen molar-refractivity contribution in [2.24, 2.45) is 0 Å². The van der Waals surface area contributed by atoms with E-state index >= 15 is 0 Å². The normalized spacial score (nSPS) is 13.8. The van der Waals surface area contributed by atoms with Crippen molar-refractivity contribution in [2.75, 3.05) is 11.9 Å². The summed E-state index contributed by atoms with van der Waals surface area (Å²) in [6.45, 7) is 4.19. The van der Waals surface area contributed by atoms with Crippen LogP contribution in [-0.4, -0.2) is 23.3 Å². The number of nitrogens with one attached hydrogen (secondary N) is 1. The van der Waals surface area contributed by atoms with Crippen LogP contribution >= 0.6 is 0 Å². The van der Waals surface area contributed by atoms with Crippen LogP contribution in [0.15, 0.2) is 78.5 Å². The Bertz CT molecular complexity index is 1150. The molecule has 0 bridgehead atoms. The molecule has 5 heteroatoms.